The van der Waals surface area contributed by atoms with Gasteiger partial charge in [-0.15, -0.1) is 0 Å². The number of halogens is 1. The number of carbonyl (C=O) groups is 1. The number of pyridine rings is 2. The largest absolute Gasteiger partial charge is 0.322 e. The molecular formula is C26H24FN7O. The number of carbonyl (C=O) groups excluding carboxylic acids is 1. The molecule has 0 spiro atoms. The molecule has 0 aliphatic heterocycles. The summed E-state index contributed by atoms with van der Waals surface area (Å²) in [5.74, 6) is -0.408. The molecule has 0 radical (unpaired) electrons. The Kier molecular flexibility index (Phi) is 6.33. The molecule has 4 rings (SSSR count). The molecule has 3 aromatic heterocycles. The van der Waals surface area contributed by atoms with Crippen molar-refractivity contribution in [3.05, 3.63) is 89.0 Å². The highest BCUT2D eigenvalue weighted by molar-refractivity contribution is 6.22. The predicted octanol–water partition coefficient (Wildman–Crippen LogP) is 5.22. The average molecular weight is 470 g/mol. The van der Waals surface area contributed by atoms with Gasteiger partial charge in [-0.2, -0.15) is 5.10 Å². The van der Waals surface area contributed by atoms with E-state index < -0.39 is 11.6 Å². The molecule has 0 aliphatic rings. The van der Waals surface area contributed by atoms with Crippen LogP contribution in [0, 0.1) is 17.7 Å². The van der Waals surface area contributed by atoms with Crippen LogP contribution in [0.5, 0.6) is 0 Å². The maximum Gasteiger partial charge on any atom is 0.255 e. The number of nitrogens with one attached hydrogen (secondary N) is 4. The van der Waals surface area contributed by atoms with Crippen LogP contribution in [0.3, 0.4) is 0 Å². The summed E-state index contributed by atoms with van der Waals surface area (Å²) in [5, 5.41) is 26.9. The summed E-state index contributed by atoms with van der Waals surface area (Å²) in [6, 6.07) is 9.97. The number of nitrogens with zero attached hydrogens (tertiary/aromatic N) is 3. The Morgan fingerprint density at radius 3 is 2.63 bits per heavy atom. The van der Waals surface area contributed by atoms with Crippen LogP contribution < -0.4 is 5.32 Å². The summed E-state index contributed by atoms with van der Waals surface area (Å²) in [4.78, 5) is 21.0. The Bertz CT molecular complexity index is 1480. The summed E-state index contributed by atoms with van der Waals surface area (Å²) in [6.45, 7) is 4.63. The Labute approximate surface area is 201 Å². The van der Waals surface area contributed by atoms with Gasteiger partial charge >= 0.3 is 0 Å². The normalized spacial score (nSPS) is 11.9. The molecule has 8 nitrogen and oxygen atoms in total. The van der Waals surface area contributed by atoms with E-state index in [1.807, 2.05) is 6.92 Å². The van der Waals surface area contributed by atoms with E-state index in [-0.39, 0.29) is 17.0 Å². The molecule has 35 heavy (non-hydrogen) atoms. The van der Waals surface area contributed by atoms with Gasteiger partial charge < -0.3 is 16.1 Å². The number of alkyl halides is 1. The topological polar surface area (TPSA) is 131 Å². The molecule has 3 heterocycles. The van der Waals surface area contributed by atoms with Crippen LogP contribution >= 0.6 is 0 Å². The maximum atomic E-state index is 14.3. The van der Waals surface area contributed by atoms with E-state index in [0.29, 0.717) is 22.5 Å². The lowest BCUT2D eigenvalue weighted by atomic mass is 9.98. The van der Waals surface area contributed by atoms with Crippen molar-refractivity contribution in [1.82, 2.24) is 20.2 Å². The molecule has 0 atom stereocenters. The van der Waals surface area contributed by atoms with Gasteiger partial charge in [-0.05, 0) is 68.3 Å². The van der Waals surface area contributed by atoms with Crippen molar-refractivity contribution in [1.29, 1.82) is 10.8 Å². The number of hydrogen-bond donors (Lipinski definition) is 4. The van der Waals surface area contributed by atoms with Gasteiger partial charge in [0.25, 0.3) is 5.91 Å². The second kappa shape index (κ2) is 9.38. The third-order valence-electron chi connectivity index (χ3n) is 5.54. The first-order chi connectivity index (χ1) is 16.7. The van der Waals surface area contributed by atoms with E-state index in [1.165, 1.54) is 38.4 Å². The van der Waals surface area contributed by atoms with Crippen molar-refractivity contribution in [2.45, 2.75) is 26.4 Å². The van der Waals surface area contributed by atoms with Crippen LogP contribution in [0.25, 0.3) is 16.6 Å². The van der Waals surface area contributed by atoms with Crippen LogP contribution in [0.1, 0.15) is 46.6 Å². The Balaban J connectivity index is 1.62. The van der Waals surface area contributed by atoms with Crippen molar-refractivity contribution < 1.29 is 9.18 Å². The standard InChI is InChI=1S/C26H24FN7O/c1-15-4-5-18(33-25(35)16-6-8-30-23(11-16)26(2,3)27)12-20(15)22(29)10-17(13-28)19-7-9-31-24-21(19)14-32-34-24/h4-14,28-29H,1-3H3,(H,33,35)(H,31,32,34)/b17-10+,28-13?,29-22?. The number of amides is 1. The monoisotopic (exact) mass is 469 g/mol. The van der Waals surface area contributed by atoms with Crippen LogP contribution in [0.15, 0.2) is 61.1 Å². The van der Waals surface area contributed by atoms with Crippen LogP contribution in [-0.4, -0.2) is 38.0 Å². The molecule has 4 aromatic rings. The van der Waals surface area contributed by atoms with E-state index in [9.17, 15) is 9.18 Å². The zero-order valence-corrected chi connectivity index (χ0v) is 19.5. The minimum Gasteiger partial charge on any atom is -0.322 e. The van der Waals surface area contributed by atoms with Gasteiger partial charge in [0.05, 0.1) is 17.6 Å². The fourth-order valence-corrected chi connectivity index (χ4v) is 3.62. The zero-order valence-electron chi connectivity index (χ0n) is 19.5. The fourth-order valence-electron chi connectivity index (χ4n) is 3.62. The number of aryl methyl sites for hydroxylation is 1. The molecule has 176 valence electrons. The number of fused-ring (bicyclic) bond motifs is 1. The van der Waals surface area contributed by atoms with Gasteiger partial charge in [0.15, 0.2) is 5.65 Å². The van der Waals surface area contributed by atoms with E-state index >= 15 is 0 Å². The molecule has 0 saturated carbocycles. The summed E-state index contributed by atoms with van der Waals surface area (Å²) in [5.41, 5.74) is 2.73. The first-order valence-corrected chi connectivity index (χ1v) is 10.8. The molecule has 0 fully saturated rings. The molecular weight excluding hydrogens is 445 g/mol. The van der Waals surface area contributed by atoms with Gasteiger partial charge in [0.2, 0.25) is 0 Å². The first-order valence-electron chi connectivity index (χ1n) is 10.8. The maximum absolute atomic E-state index is 14.3. The second-order valence-corrected chi connectivity index (χ2v) is 8.53. The van der Waals surface area contributed by atoms with Crippen LogP contribution in [0.2, 0.25) is 0 Å². The Morgan fingerprint density at radius 1 is 1.11 bits per heavy atom. The van der Waals surface area contributed by atoms with Crippen molar-refractivity contribution in [2.24, 2.45) is 0 Å². The number of aromatic nitrogens is 4. The fraction of sp³-hybridized carbons (Fsp3) is 0.154. The Morgan fingerprint density at radius 2 is 1.89 bits per heavy atom. The quantitative estimate of drug-likeness (QED) is 0.276. The van der Waals surface area contributed by atoms with Crippen molar-refractivity contribution in [3.8, 4) is 0 Å². The lowest BCUT2D eigenvalue weighted by Crippen LogP contribution is -2.16. The number of aromatic amines is 1. The number of H-pyrrole nitrogens is 1. The summed E-state index contributed by atoms with van der Waals surface area (Å²) in [6.07, 6.45) is 7.44. The lowest BCUT2D eigenvalue weighted by Gasteiger charge is -2.14. The molecule has 0 aliphatic carbocycles. The van der Waals surface area contributed by atoms with Gasteiger partial charge in [-0.25, -0.2) is 9.37 Å². The molecule has 0 saturated heterocycles. The predicted molar refractivity (Wildman–Crippen MR) is 135 cm³/mol. The smallest absolute Gasteiger partial charge is 0.255 e. The SMILES string of the molecule is Cc1ccc(NC(=O)c2ccnc(C(C)(C)F)c2)cc1C(=N)/C=C(\C=N)c1ccnc2[nH]ncc12. The van der Waals surface area contributed by atoms with E-state index in [2.05, 4.69) is 25.5 Å². The van der Waals surface area contributed by atoms with Gasteiger partial charge in [0.1, 0.15) is 5.67 Å². The van der Waals surface area contributed by atoms with Crippen molar-refractivity contribution in [3.63, 3.8) is 0 Å². The van der Waals surface area contributed by atoms with Crippen LogP contribution in [-0.2, 0) is 5.67 Å². The highest BCUT2D eigenvalue weighted by atomic mass is 19.1. The zero-order chi connectivity index (χ0) is 25.2. The average Bonchev–Trinajstić information content (AvgIpc) is 3.32. The number of rotatable bonds is 7. The van der Waals surface area contributed by atoms with Crippen molar-refractivity contribution >= 4 is 40.1 Å². The second-order valence-electron chi connectivity index (χ2n) is 8.53. The number of anilines is 1. The molecule has 0 bridgehead atoms. The molecule has 1 aromatic carbocycles. The van der Waals surface area contributed by atoms with Gasteiger partial charge in [-0.1, -0.05) is 6.07 Å². The summed E-state index contributed by atoms with van der Waals surface area (Å²) in [7, 11) is 0. The van der Waals surface area contributed by atoms with Gasteiger partial charge in [-0.3, -0.25) is 14.9 Å². The number of benzene rings is 1. The van der Waals surface area contributed by atoms with Crippen molar-refractivity contribution in [2.75, 3.05) is 5.32 Å². The van der Waals surface area contributed by atoms with E-state index in [0.717, 1.165) is 16.5 Å². The molecule has 4 N–H and O–H groups in total. The summed E-state index contributed by atoms with van der Waals surface area (Å²) >= 11 is 0. The lowest BCUT2D eigenvalue weighted by molar-refractivity contribution is 0.102. The third-order valence-corrected chi connectivity index (χ3v) is 5.54. The Hall–Kier alpha value is -4.53. The third kappa shape index (κ3) is 5.03. The van der Waals surface area contributed by atoms with Gasteiger partial charge in [0, 0.05) is 46.4 Å². The number of hydrogen-bond acceptors (Lipinski definition) is 6. The first kappa shape index (κ1) is 23.6. The van der Waals surface area contributed by atoms with E-state index in [4.69, 9.17) is 10.8 Å². The molecule has 0 unspecified atom stereocenters. The number of allylic oxidation sites excluding steroid dienone is 2. The van der Waals surface area contributed by atoms with E-state index in [1.54, 1.807) is 42.7 Å². The highest BCUT2D eigenvalue weighted by Crippen LogP contribution is 2.25. The summed E-state index contributed by atoms with van der Waals surface area (Å²) < 4.78 is 14.3. The minimum atomic E-state index is -1.67. The minimum absolute atomic E-state index is 0.170. The molecule has 1 amide bonds. The molecule has 9 heteroatoms. The van der Waals surface area contributed by atoms with Crippen LogP contribution in [0.4, 0.5) is 10.1 Å². The highest BCUT2D eigenvalue weighted by Gasteiger charge is 2.22.